The van der Waals surface area contributed by atoms with Gasteiger partial charge in [0.1, 0.15) is 11.9 Å². The maximum Gasteiger partial charge on any atom is 0.263 e. The molecule has 1 atom stereocenters. The first-order valence-electron chi connectivity index (χ1n) is 6.41. The van der Waals surface area contributed by atoms with Gasteiger partial charge < -0.3 is 0 Å². The lowest BCUT2D eigenvalue weighted by Gasteiger charge is -2.22. The number of aliphatic imine (C=N–C) groups is 1. The highest BCUT2D eigenvalue weighted by Crippen LogP contribution is 2.10. The number of hydrogen-bond acceptors (Lipinski definition) is 4. The van der Waals surface area contributed by atoms with Gasteiger partial charge in [-0.15, -0.1) is 0 Å². The van der Waals surface area contributed by atoms with Crippen LogP contribution in [0.3, 0.4) is 0 Å². The second-order valence-corrected chi connectivity index (χ2v) is 4.53. The molecule has 5 heteroatoms. The van der Waals surface area contributed by atoms with Gasteiger partial charge in [0.2, 0.25) is 0 Å². The molecule has 2 aromatic rings. The summed E-state index contributed by atoms with van der Waals surface area (Å²) >= 11 is 0. The predicted octanol–water partition coefficient (Wildman–Crippen LogP) is 1.07. The van der Waals surface area contributed by atoms with Crippen molar-refractivity contribution in [1.29, 1.82) is 0 Å². The van der Waals surface area contributed by atoms with E-state index < -0.39 is 6.04 Å². The van der Waals surface area contributed by atoms with Crippen molar-refractivity contribution in [3.63, 3.8) is 0 Å². The maximum atomic E-state index is 11.9. The van der Waals surface area contributed by atoms with Gasteiger partial charge in [0.05, 0.1) is 0 Å². The first-order chi connectivity index (χ1) is 9.83. The average Bonchev–Trinajstić information content (AvgIpc) is 2.51. The van der Waals surface area contributed by atoms with Crippen molar-refractivity contribution in [2.45, 2.75) is 12.5 Å². The Kier molecular flexibility index (Phi) is 3.41. The van der Waals surface area contributed by atoms with Crippen LogP contribution in [0.2, 0.25) is 0 Å². The zero-order valence-corrected chi connectivity index (χ0v) is 10.8. The van der Waals surface area contributed by atoms with Crippen molar-refractivity contribution in [3.8, 4) is 0 Å². The van der Waals surface area contributed by atoms with Crippen molar-refractivity contribution in [2.24, 2.45) is 4.99 Å². The molecular formula is C15H14N4O. The van der Waals surface area contributed by atoms with Gasteiger partial charge in [0.25, 0.3) is 5.91 Å². The van der Waals surface area contributed by atoms with E-state index in [1.165, 1.54) is 0 Å². The van der Waals surface area contributed by atoms with E-state index in [0.717, 1.165) is 11.1 Å². The van der Waals surface area contributed by atoms with E-state index in [2.05, 4.69) is 20.8 Å². The van der Waals surface area contributed by atoms with E-state index in [-0.39, 0.29) is 5.91 Å². The summed E-state index contributed by atoms with van der Waals surface area (Å²) in [5.41, 5.74) is 7.48. The van der Waals surface area contributed by atoms with Crippen molar-refractivity contribution in [3.05, 3.63) is 66.0 Å². The van der Waals surface area contributed by atoms with Gasteiger partial charge in [0, 0.05) is 24.4 Å². The molecule has 0 saturated heterocycles. The van der Waals surface area contributed by atoms with Gasteiger partial charge in [-0.1, -0.05) is 30.3 Å². The third-order valence-corrected chi connectivity index (χ3v) is 3.12. The number of nitrogens with zero attached hydrogens (tertiary/aromatic N) is 2. The summed E-state index contributed by atoms with van der Waals surface area (Å²) in [4.78, 5) is 20.3. The minimum atomic E-state index is -0.415. The first-order valence-corrected chi connectivity index (χ1v) is 6.41. The Labute approximate surface area is 116 Å². The predicted molar refractivity (Wildman–Crippen MR) is 76.0 cm³/mol. The number of nitrogens with one attached hydrogen (secondary N) is 2. The van der Waals surface area contributed by atoms with E-state index >= 15 is 0 Å². The summed E-state index contributed by atoms with van der Waals surface area (Å²) in [7, 11) is 0. The lowest BCUT2D eigenvalue weighted by Crippen LogP contribution is -2.52. The molecule has 1 aromatic heterocycles. The van der Waals surface area contributed by atoms with Gasteiger partial charge in [-0.3, -0.25) is 25.6 Å². The number of rotatable bonds is 3. The SMILES string of the molecule is O=C1NNC(c2ccncc2)=NC1Cc1ccccc1. The van der Waals surface area contributed by atoms with E-state index in [9.17, 15) is 4.79 Å². The number of pyridine rings is 1. The topological polar surface area (TPSA) is 66.4 Å². The Hall–Kier alpha value is -2.69. The van der Waals surface area contributed by atoms with Gasteiger partial charge in [-0.05, 0) is 17.7 Å². The molecule has 0 radical (unpaired) electrons. The Balaban J connectivity index is 1.84. The van der Waals surface area contributed by atoms with Crippen molar-refractivity contribution in [1.82, 2.24) is 15.8 Å². The number of carbonyl (C=O) groups is 1. The average molecular weight is 266 g/mol. The van der Waals surface area contributed by atoms with Crippen LogP contribution in [0.5, 0.6) is 0 Å². The lowest BCUT2D eigenvalue weighted by molar-refractivity contribution is -0.123. The van der Waals surface area contributed by atoms with Crippen LogP contribution in [0, 0.1) is 0 Å². The van der Waals surface area contributed by atoms with Crippen LogP contribution in [-0.4, -0.2) is 22.8 Å². The summed E-state index contributed by atoms with van der Waals surface area (Å²) in [5.74, 6) is 0.541. The summed E-state index contributed by atoms with van der Waals surface area (Å²) in [5, 5.41) is 0. The molecule has 1 aliphatic rings. The summed E-state index contributed by atoms with van der Waals surface area (Å²) in [6.07, 6.45) is 3.98. The third kappa shape index (κ3) is 2.66. The fourth-order valence-corrected chi connectivity index (χ4v) is 2.08. The third-order valence-electron chi connectivity index (χ3n) is 3.12. The number of hydrazine groups is 1. The highest BCUT2D eigenvalue weighted by atomic mass is 16.2. The normalized spacial score (nSPS) is 17.9. The van der Waals surface area contributed by atoms with Crippen LogP contribution in [0.4, 0.5) is 0 Å². The Morgan fingerprint density at radius 3 is 2.50 bits per heavy atom. The van der Waals surface area contributed by atoms with Gasteiger partial charge in [0.15, 0.2) is 0 Å². The number of carbonyl (C=O) groups excluding carboxylic acids is 1. The number of aromatic nitrogens is 1. The number of amides is 1. The zero-order valence-electron chi connectivity index (χ0n) is 10.8. The van der Waals surface area contributed by atoms with Crippen LogP contribution >= 0.6 is 0 Å². The molecule has 0 aliphatic carbocycles. The maximum absolute atomic E-state index is 11.9. The van der Waals surface area contributed by atoms with E-state index in [4.69, 9.17) is 0 Å². The quantitative estimate of drug-likeness (QED) is 0.873. The number of amidine groups is 1. The van der Waals surface area contributed by atoms with Crippen LogP contribution in [-0.2, 0) is 11.2 Å². The monoisotopic (exact) mass is 266 g/mol. The Morgan fingerprint density at radius 1 is 1.00 bits per heavy atom. The zero-order chi connectivity index (χ0) is 13.8. The molecule has 1 unspecified atom stereocenters. The standard InChI is InChI=1S/C15H14N4O/c20-15-13(10-11-4-2-1-3-5-11)17-14(18-19-15)12-6-8-16-9-7-12/h1-9,13H,10H2,(H,17,18)(H,19,20). The first kappa shape index (κ1) is 12.3. The minimum absolute atomic E-state index is 0.119. The van der Waals surface area contributed by atoms with Crippen LogP contribution in [0.1, 0.15) is 11.1 Å². The highest BCUT2D eigenvalue weighted by molar-refractivity contribution is 6.03. The second kappa shape index (κ2) is 5.52. The van der Waals surface area contributed by atoms with E-state index in [1.807, 2.05) is 42.5 Å². The largest absolute Gasteiger partial charge is 0.282 e. The summed E-state index contributed by atoms with van der Waals surface area (Å²) in [6, 6.07) is 13.2. The number of hydrogen-bond donors (Lipinski definition) is 2. The molecular weight excluding hydrogens is 252 g/mol. The molecule has 1 aliphatic heterocycles. The summed E-state index contributed by atoms with van der Waals surface area (Å²) in [6.45, 7) is 0. The Morgan fingerprint density at radius 2 is 1.75 bits per heavy atom. The molecule has 0 bridgehead atoms. The molecule has 0 saturated carbocycles. The fraction of sp³-hybridized carbons (Fsp3) is 0.133. The lowest BCUT2D eigenvalue weighted by atomic mass is 10.1. The highest BCUT2D eigenvalue weighted by Gasteiger charge is 2.23. The Bertz CT molecular complexity index is 625. The van der Waals surface area contributed by atoms with Crippen molar-refractivity contribution in [2.75, 3.05) is 0 Å². The number of benzene rings is 1. The van der Waals surface area contributed by atoms with Crippen molar-refractivity contribution < 1.29 is 4.79 Å². The molecule has 1 amide bonds. The molecule has 5 nitrogen and oxygen atoms in total. The van der Waals surface area contributed by atoms with Gasteiger partial charge in [-0.25, -0.2) is 0 Å². The fourth-order valence-electron chi connectivity index (χ4n) is 2.08. The van der Waals surface area contributed by atoms with Crippen LogP contribution in [0.15, 0.2) is 59.9 Å². The van der Waals surface area contributed by atoms with Gasteiger partial charge in [-0.2, -0.15) is 0 Å². The van der Waals surface area contributed by atoms with Crippen LogP contribution in [0.25, 0.3) is 0 Å². The summed E-state index contributed by atoms with van der Waals surface area (Å²) < 4.78 is 0. The molecule has 100 valence electrons. The minimum Gasteiger partial charge on any atom is -0.282 e. The van der Waals surface area contributed by atoms with Gasteiger partial charge >= 0.3 is 0 Å². The van der Waals surface area contributed by atoms with E-state index in [0.29, 0.717) is 12.3 Å². The molecule has 2 heterocycles. The second-order valence-electron chi connectivity index (χ2n) is 4.53. The van der Waals surface area contributed by atoms with Crippen molar-refractivity contribution >= 4 is 11.7 Å². The molecule has 20 heavy (non-hydrogen) atoms. The van der Waals surface area contributed by atoms with Crippen LogP contribution < -0.4 is 10.9 Å². The molecule has 2 N–H and O–H groups in total. The smallest absolute Gasteiger partial charge is 0.263 e. The molecule has 0 spiro atoms. The van der Waals surface area contributed by atoms with E-state index in [1.54, 1.807) is 12.4 Å². The molecule has 1 aromatic carbocycles. The molecule has 3 rings (SSSR count). The molecule has 0 fully saturated rings.